The van der Waals surface area contributed by atoms with E-state index in [1.807, 2.05) is 18.2 Å². The lowest BCUT2D eigenvalue weighted by Gasteiger charge is -2.35. The molecule has 21 heavy (non-hydrogen) atoms. The molecule has 0 radical (unpaired) electrons. The number of hydrogen-bond donors (Lipinski definition) is 1. The fourth-order valence-electron chi connectivity index (χ4n) is 2.68. The van der Waals surface area contributed by atoms with Gasteiger partial charge in [0.05, 0.1) is 6.10 Å². The summed E-state index contributed by atoms with van der Waals surface area (Å²) in [5, 5.41) is 10.4. The van der Waals surface area contributed by atoms with E-state index < -0.39 is 6.10 Å². The van der Waals surface area contributed by atoms with Crippen LogP contribution in [-0.2, 0) is 0 Å². The second kappa shape index (κ2) is 6.67. The van der Waals surface area contributed by atoms with Gasteiger partial charge in [-0.2, -0.15) is 0 Å². The number of nitrogens with zero attached hydrogens (tertiary/aromatic N) is 1. The Balaban J connectivity index is 1.98. The summed E-state index contributed by atoms with van der Waals surface area (Å²) in [4.78, 5) is 2.37. The first-order chi connectivity index (χ1) is 9.91. The van der Waals surface area contributed by atoms with Crippen LogP contribution in [0.5, 0.6) is 11.5 Å². The second-order valence-corrected chi connectivity index (χ2v) is 6.46. The first kappa shape index (κ1) is 16.1. The average molecular weight is 293 g/mol. The molecule has 118 valence electrons. The number of hydrogen-bond acceptors (Lipinski definition) is 4. The summed E-state index contributed by atoms with van der Waals surface area (Å²) >= 11 is 0. The topological polar surface area (TPSA) is 41.9 Å². The minimum Gasteiger partial charge on any atom is -0.486 e. The van der Waals surface area contributed by atoms with E-state index in [0.717, 1.165) is 30.2 Å². The van der Waals surface area contributed by atoms with Crippen LogP contribution in [0.1, 0.15) is 45.8 Å². The van der Waals surface area contributed by atoms with E-state index in [1.54, 1.807) is 0 Å². The molecule has 1 aromatic rings. The standard InChI is InChI=1S/C17H27NO3/c1-5-18(17(2,3)4)9-8-14(19)13-6-7-15-16(12-13)21-11-10-20-15/h6-7,12,14,19H,5,8-11H2,1-4H3. The monoisotopic (exact) mass is 293 g/mol. The highest BCUT2D eigenvalue weighted by Crippen LogP contribution is 2.33. The lowest BCUT2D eigenvalue weighted by Crippen LogP contribution is -2.42. The van der Waals surface area contributed by atoms with Crippen LogP contribution in [0.25, 0.3) is 0 Å². The van der Waals surface area contributed by atoms with Gasteiger partial charge in [0, 0.05) is 12.1 Å². The minimum absolute atomic E-state index is 0.126. The third-order valence-corrected chi connectivity index (χ3v) is 3.95. The zero-order valence-electron chi connectivity index (χ0n) is 13.6. The maximum Gasteiger partial charge on any atom is 0.161 e. The maximum absolute atomic E-state index is 10.4. The molecule has 1 aliphatic heterocycles. The fourth-order valence-corrected chi connectivity index (χ4v) is 2.68. The van der Waals surface area contributed by atoms with Gasteiger partial charge >= 0.3 is 0 Å². The third kappa shape index (κ3) is 4.11. The first-order valence-corrected chi connectivity index (χ1v) is 7.74. The highest BCUT2D eigenvalue weighted by molar-refractivity contribution is 5.44. The zero-order valence-corrected chi connectivity index (χ0v) is 13.6. The molecule has 4 nitrogen and oxygen atoms in total. The van der Waals surface area contributed by atoms with Crippen LogP contribution in [0, 0.1) is 0 Å². The van der Waals surface area contributed by atoms with Gasteiger partial charge in [-0.05, 0) is 51.4 Å². The molecule has 0 aliphatic carbocycles. The summed E-state index contributed by atoms with van der Waals surface area (Å²) in [6.45, 7) is 11.8. The van der Waals surface area contributed by atoms with Crippen molar-refractivity contribution in [2.24, 2.45) is 0 Å². The van der Waals surface area contributed by atoms with Crippen LogP contribution in [0.4, 0.5) is 0 Å². The van der Waals surface area contributed by atoms with E-state index in [2.05, 4.69) is 32.6 Å². The number of ether oxygens (including phenoxy) is 2. The van der Waals surface area contributed by atoms with Crippen LogP contribution in [0.3, 0.4) is 0 Å². The summed E-state index contributed by atoms with van der Waals surface area (Å²) in [5.74, 6) is 1.50. The van der Waals surface area contributed by atoms with Crippen LogP contribution in [0.15, 0.2) is 18.2 Å². The lowest BCUT2D eigenvalue weighted by atomic mass is 10.0. The van der Waals surface area contributed by atoms with Crippen molar-refractivity contribution in [3.63, 3.8) is 0 Å². The van der Waals surface area contributed by atoms with Crippen molar-refractivity contribution in [3.8, 4) is 11.5 Å². The molecule has 0 saturated heterocycles. The molecule has 0 spiro atoms. The van der Waals surface area contributed by atoms with Gasteiger partial charge in [-0.25, -0.2) is 0 Å². The number of aliphatic hydroxyl groups excluding tert-OH is 1. The van der Waals surface area contributed by atoms with Crippen LogP contribution < -0.4 is 9.47 Å². The molecule has 0 amide bonds. The predicted octanol–water partition coefficient (Wildman–Crippen LogP) is 3.00. The van der Waals surface area contributed by atoms with Gasteiger partial charge in [0.2, 0.25) is 0 Å². The molecule has 0 saturated carbocycles. The number of fused-ring (bicyclic) bond motifs is 1. The van der Waals surface area contributed by atoms with Gasteiger partial charge in [-0.15, -0.1) is 0 Å². The molecule has 4 heteroatoms. The van der Waals surface area contributed by atoms with E-state index in [-0.39, 0.29) is 5.54 Å². The van der Waals surface area contributed by atoms with Gasteiger partial charge in [0.1, 0.15) is 13.2 Å². The van der Waals surface area contributed by atoms with E-state index >= 15 is 0 Å². The number of benzene rings is 1. The Morgan fingerprint density at radius 1 is 1.19 bits per heavy atom. The largest absolute Gasteiger partial charge is 0.486 e. The Hall–Kier alpha value is -1.26. The van der Waals surface area contributed by atoms with Crippen molar-refractivity contribution < 1.29 is 14.6 Å². The van der Waals surface area contributed by atoms with Crippen molar-refractivity contribution in [1.29, 1.82) is 0 Å². The normalized spacial score (nSPS) is 16.1. The quantitative estimate of drug-likeness (QED) is 0.906. The molecule has 0 fully saturated rings. The highest BCUT2D eigenvalue weighted by Gasteiger charge is 2.21. The molecule has 1 N–H and O–H groups in total. The van der Waals surface area contributed by atoms with E-state index in [0.29, 0.717) is 19.6 Å². The van der Waals surface area contributed by atoms with E-state index in [9.17, 15) is 5.11 Å². The summed E-state index contributed by atoms with van der Waals surface area (Å²) in [7, 11) is 0. The molecular weight excluding hydrogens is 266 g/mol. The first-order valence-electron chi connectivity index (χ1n) is 7.74. The van der Waals surface area contributed by atoms with Gasteiger partial charge < -0.3 is 14.6 Å². The second-order valence-electron chi connectivity index (χ2n) is 6.46. The predicted molar refractivity (Wildman–Crippen MR) is 84.0 cm³/mol. The molecule has 1 atom stereocenters. The molecular formula is C17H27NO3. The Morgan fingerprint density at radius 2 is 1.86 bits per heavy atom. The van der Waals surface area contributed by atoms with Crippen molar-refractivity contribution in [2.45, 2.75) is 45.8 Å². The van der Waals surface area contributed by atoms with E-state index in [1.165, 1.54) is 0 Å². The Labute approximate surface area is 127 Å². The van der Waals surface area contributed by atoms with Crippen molar-refractivity contribution >= 4 is 0 Å². The maximum atomic E-state index is 10.4. The molecule has 1 heterocycles. The minimum atomic E-state index is -0.475. The van der Waals surface area contributed by atoms with Crippen molar-refractivity contribution in [3.05, 3.63) is 23.8 Å². The van der Waals surface area contributed by atoms with Gasteiger partial charge in [-0.1, -0.05) is 13.0 Å². The highest BCUT2D eigenvalue weighted by atomic mass is 16.6. The Morgan fingerprint density at radius 3 is 2.48 bits per heavy atom. The molecule has 2 rings (SSSR count). The zero-order chi connectivity index (χ0) is 15.5. The Bertz CT molecular complexity index is 468. The average Bonchev–Trinajstić information content (AvgIpc) is 2.45. The summed E-state index contributed by atoms with van der Waals surface area (Å²) in [6, 6.07) is 5.70. The van der Waals surface area contributed by atoms with Crippen LogP contribution in [0.2, 0.25) is 0 Å². The smallest absolute Gasteiger partial charge is 0.161 e. The lowest BCUT2D eigenvalue weighted by molar-refractivity contribution is 0.0992. The molecule has 1 aromatic carbocycles. The number of rotatable bonds is 5. The fraction of sp³-hybridized carbons (Fsp3) is 0.647. The van der Waals surface area contributed by atoms with Crippen molar-refractivity contribution in [2.75, 3.05) is 26.3 Å². The summed E-state index contributed by atoms with van der Waals surface area (Å²) in [6.07, 6.45) is 0.238. The Kier molecular flexibility index (Phi) is 5.12. The van der Waals surface area contributed by atoms with Crippen LogP contribution >= 0.6 is 0 Å². The van der Waals surface area contributed by atoms with Crippen LogP contribution in [-0.4, -0.2) is 41.8 Å². The SMILES string of the molecule is CCN(CCC(O)c1ccc2c(c1)OCCO2)C(C)(C)C. The van der Waals surface area contributed by atoms with E-state index in [4.69, 9.17) is 9.47 Å². The molecule has 0 bridgehead atoms. The summed E-state index contributed by atoms with van der Waals surface area (Å²) < 4.78 is 11.1. The third-order valence-electron chi connectivity index (χ3n) is 3.95. The molecule has 0 aromatic heterocycles. The molecule has 1 unspecified atom stereocenters. The molecule has 1 aliphatic rings. The van der Waals surface area contributed by atoms with Gasteiger partial charge in [0.15, 0.2) is 11.5 Å². The van der Waals surface area contributed by atoms with Gasteiger partial charge in [-0.3, -0.25) is 4.90 Å². The van der Waals surface area contributed by atoms with Gasteiger partial charge in [0.25, 0.3) is 0 Å². The number of aliphatic hydroxyl groups is 1. The van der Waals surface area contributed by atoms with Crippen molar-refractivity contribution in [1.82, 2.24) is 4.90 Å². The summed E-state index contributed by atoms with van der Waals surface area (Å²) in [5.41, 5.74) is 1.02.